The SMILES string of the molecule is CCCCCCCCCCCCCN(OC(C)C)OC(C)C. The minimum atomic E-state index is 0.173. The lowest BCUT2D eigenvalue weighted by atomic mass is 10.1. The molecule has 0 atom stereocenters. The molecule has 3 nitrogen and oxygen atoms in total. The summed E-state index contributed by atoms with van der Waals surface area (Å²) < 4.78 is 0. The van der Waals surface area contributed by atoms with E-state index in [1.807, 2.05) is 27.7 Å². The predicted molar refractivity (Wildman–Crippen MR) is 95.6 cm³/mol. The molecule has 0 aliphatic carbocycles. The van der Waals surface area contributed by atoms with E-state index in [4.69, 9.17) is 9.68 Å². The molecule has 0 aromatic heterocycles. The van der Waals surface area contributed by atoms with Crippen LogP contribution in [0.3, 0.4) is 0 Å². The summed E-state index contributed by atoms with van der Waals surface area (Å²) in [6.07, 6.45) is 15.4. The van der Waals surface area contributed by atoms with Gasteiger partial charge >= 0.3 is 0 Å². The monoisotopic (exact) mass is 315 g/mol. The number of unbranched alkanes of at least 4 members (excludes halogenated alkanes) is 10. The molecule has 0 fully saturated rings. The largest absolute Gasteiger partial charge is 0.271 e. The number of nitrogens with zero attached hydrogens (tertiary/aromatic N) is 1. The summed E-state index contributed by atoms with van der Waals surface area (Å²) >= 11 is 0. The van der Waals surface area contributed by atoms with Crippen LogP contribution < -0.4 is 0 Å². The van der Waals surface area contributed by atoms with Crippen LogP contribution in [0.15, 0.2) is 0 Å². The van der Waals surface area contributed by atoms with Crippen molar-refractivity contribution in [2.45, 2.75) is 117 Å². The van der Waals surface area contributed by atoms with Crippen molar-refractivity contribution in [3.05, 3.63) is 0 Å². The summed E-state index contributed by atoms with van der Waals surface area (Å²) in [5.41, 5.74) is 0. The molecule has 0 unspecified atom stereocenters. The maximum absolute atomic E-state index is 5.66. The topological polar surface area (TPSA) is 21.7 Å². The van der Waals surface area contributed by atoms with Gasteiger partial charge in [-0.15, -0.1) is 0 Å². The normalized spacial score (nSPS) is 12.0. The van der Waals surface area contributed by atoms with E-state index in [0.717, 1.165) is 13.0 Å². The lowest BCUT2D eigenvalue weighted by Crippen LogP contribution is -2.31. The molecule has 0 amide bonds. The molecule has 0 aromatic carbocycles. The molecule has 0 N–H and O–H groups in total. The molecular formula is C19H41NO2. The molecule has 0 spiro atoms. The second-order valence-corrected chi connectivity index (χ2v) is 6.90. The first kappa shape index (κ1) is 21.9. The maximum atomic E-state index is 5.66. The first-order valence-electron chi connectivity index (χ1n) is 9.67. The van der Waals surface area contributed by atoms with Gasteiger partial charge in [0.15, 0.2) is 0 Å². The van der Waals surface area contributed by atoms with Gasteiger partial charge < -0.3 is 0 Å². The molecule has 0 rings (SSSR count). The minimum Gasteiger partial charge on any atom is -0.271 e. The van der Waals surface area contributed by atoms with Crippen LogP contribution in [0.2, 0.25) is 0 Å². The second-order valence-electron chi connectivity index (χ2n) is 6.90. The van der Waals surface area contributed by atoms with Gasteiger partial charge in [-0.2, -0.15) is 0 Å². The van der Waals surface area contributed by atoms with E-state index in [0.29, 0.717) is 0 Å². The van der Waals surface area contributed by atoms with Gasteiger partial charge in [0.05, 0.1) is 18.8 Å². The van der Waals surface area contributed by atoms with Crippen molar-refractivity contribution < 1.29 is 9.68 Å². The smallest absolute Gasteiger partial charge is 0.0763 e. The first-order chi connectivity index (χ1) is 10.6. The van der Waals surface area contributed by atoms with Gasteiger partial charge in [-0.05, 0) is 34.1 Å². The summed E-state index contributed by atoms with van der Waals surface area (Å²) in [5.74, 6) is 0. The summed E-state index contributed by atoms with van der Waals surface area (Å²) in [6.45, 7) is 11.3. The summed E-state index contributed by atoms with van der Waals surface area (Å²) in [6, 6.07) is 0. The lowest BCUT2D eigenvalue weighted by molar-refractivity contribution is -0.394. The van der Waals surface area contributed by atoms with E-state index in [2.05, 4.69) is 6.92 Å². The summed E-state index contributed by atoms with van der Waals surface area (Å²) in [7, 11) is 0. The third-order valence-electron chi connectivity index (χ3n) is 3.60. The fourth-order valence-corrected chi connectivity index (χ4v) is 2.51. The van der Waals surface area contributed by atoms with Gasteiger partial charge in [0.2, 0.25) is 0 Å². The van der Waals surface area contributed by atoms with Gasteiger partial charge in [0.1, 0.15) is 0 Å². The van der Waals surface area contributed by atoms with Gasteiger partial charge in [0, 0.05) is 0 Å². The molecule has 134 valence electrons. The zero-order chi connectivity index (χ0) is 16.6. The van der Waals surface area contributed by atoms with E-state index in [-0.39, 0.29) is 12.2 Å². The van der Waals surface area contributed by atoms with Crippen molar-refractivity contribution in [1.82, 2.24) is 5.23 Å². The average molecular weight is 316 g/mol. The zero-order valence-corrected chi connectivity index (χ0v) is 15.9. The fourth-order valence-electron chi connectivity index (χ4n) is 2.51. The van der Waals surface area contributed by atoms with Crippen molar-refractivity contribution in [2.75, 3.05) is 6.54 Å². The Labute approximate surface area is 139 Å². The van der Waals surface area contributed by atoms with Gasteiger partial charge in [-0.1, -0.05) is 76.4 Å². The Balaban J connectivity index is 3.41. The summed E-state index contributed by atoms with van der Waals surface area (Å²) in [5, 5.41) is 1.68. The van der Waals surface area contributed by atoms with Gasteiger partial charge in [-0.25, -0.2) is 0 Å². The van der Waals surface area contributed by atoms with Crippen molar-refractivity contribution in [2.24, 2.45) is 0 Å². The number of hydrogen-bond acceptors (Lipinski definition) is 3. The second kappa shape index (κ2) is 15.8. The van der Waals surface area contributed by atoms with Crippen molar-refractivity contribution in [1.29, 1.82) is 0 Å². The molecule has 0 radical (unpaired) electrons. The van der Waals surface area contributed by atoms with E-state index in [1.54, 1.807) is 5.23 Å². The molecule has 3 heteroatoms. The van der Waals surface area contributed by atoms with Crippen LogP contribution in [-0.2, 0) is 9.68 Å². The molecule has 0 aliphatic heterocycles. The van der Waals surface area contributed by atoms with Crippen LogP contribution in [0.4, 0.5) is 0 Å². The minimum absolute atomic E-state index is 0.173. The molecule has 0 saturated carbocycles. The average Bonchev–Trinajstić information content (AvgIpc) is 2.43. The number of hydrogen-bond donors (Lipinski definition) is 0. The quantitative estimate of drug-likeness (QED) is 0.247. The van der Waals surface area contributed by atoms with E-state index >= 15 is 0 Å². The molecule has 0 heterocycles. The van der Waals surface area contributed by atoms with Crippen molar-refractivity contribution in [3.8, 4) is 0 Å². The van der Waals surface area contributed by atoms with E-state index < -0.39 is 0 Å². The first-order valence-corrected chi connectivity index (χ1v) is 9.67. The molecule has 22 heavy (non-hydrogen) atoms. The highest BCUT2D eigenvalue weighted by atomic mass is 17.0. The Morgan fingerprint density at radius 2 is 0.955 bits per heavy atom. The van der Waals surface area contributed by atoms with Gasteiger partial charge in [-0.3, -0.25) is 9.68 Å². The molecule has 0 aliphatic rings. The van der Waals surface area contributed by atoms with Crippen molar-refractivity contribution >= 4 is 0 Å². The molecule has 0 saturated heterocycles. The Morgan fingerprint density at radius 1 is 0.591 bits per heavy atom. The van der Waals surface area contributed by atoms with Crippen LogP contribution in [0.1, 0.15) is 105 Å². The highest BCUT2D eigenvalue weighted by Crippen LogP contribution is 2.12. The number of rotatable bonds is 16. The van der Waals surface area contributed by atoms with Crippen LogP contribution in [0, 0.1) is 0 Å². The summed E-state index contributed by atoms with van der Waals surface area (Å²) in [4.78, 5) is 11.3. The maximum Gasteiger partial charge on any atom is 0.0763 e. The van der Waals surface area contributed by atoms with Crippen LogP contribution >= 0.6 is 0 Å². The van der Waals surface area contributed by atoms with Crippen LogP contribution in [0.25, 0.3) is 0 Å². The Hall–Kier alpha value is -0.120. The predicted octanol–water partition coefficient (Wildman–Crippen LogP) is 6.28. The van der Waals surface area contributed by atoms with E-state index in [9.17, 15) is 0 Å². The molecule has 0 aromatic rings. The van der Waals surface area contributed by atoms with Crippen LogP contribution in [0.5, 0.6) is 0 Å². The zero-order valence-electron chi connectivity index (χ0n) is 15.9. The van der Waals surface area contributed by atoms with Crippen LogP contribution in [-0.4, -0.2) is 24.0 Å². The third-order valence-corrected chi connectivity index (χ3v) is 3.60. The van der Waals surface area contributed by atoms with Crippen molar-refractivity contribution in [3.63, 3.8) is 0 Å². The third kappa shape index (κ3) is 16.3. The molecular weight excluding hydrogens is 274 g/mol. The highest BCUT2D eigenvalue weighted by molar-refractivity contribution is 4.49. The Morgan fingerprint density at radius 3 is 1.32 bits per heavy atom. The van der Waals surface area contributed by atoms with E-state index in [1.165, 1.54) is 64.2 Å². The Bertz CT molecular complexity index is 209. The highest BCUT2D eigenvalue weighted by Gasteiger charge is 2.10. The Kier molecular flexibility index (Phi) is 15.7. The number of hydroxylamine groups is 2. The van der Waals surface area contributed by atoms with Gasteiger partial charge in [0.25, 0.3) is 0 Å². The standard InChI is InChI=1S/C19H41NO2/c1-6-7-8-9-10-11-12-13-14-15-16-17-20(21-18(2)3)22-19(4)5/h18-19H,6-17H2,1-5H3. The lowest BCUT2D eigenvalue weighted by Gasteiger charge is -2.24. The fraction of sp³-hybridized carbons (Fsp3) is 1.00. The molecule has 0 bridgehead atoms.